The normalized spacial score (nSPS) is 24.8. The molecular formula is C14H17N3O3. The Balaban J connectivity index is 1.90. The van der Waals surface area contributed by atoms with Crippen LogP contribution in [-0.4, -0.2) is 41.9 Å². The Bertz CT molecular complexity index is 561. The Morgan fingerprint density at radius 2 is 2.00 bits per heavy atom. The molecule has 0 unspecified atom stereocenters. The van der Waals surface area contributed by atoms with Crippen LogP contribution in [0.4, 0.5) is 5.69 Å². The maximum atomic E-state index is 12.6. The summed E-state index contributed by atoms with van der Waals surface area (Å²) in [6.07, 6.45) is 0. The molecule has 0 aliphatic carbocycles. The molecule has 1 aromatic carbocycles. The number of nitrogens with zero attached hydrogens (tertiary/aromatic N) is 2. The number of nitrogens with one attached hydrogen (secondary N) is 1. The number of nitro benzene ring substituents is 1. The van der Waals surface area contributed by atoms with Crippen molar-refractivity contribution in [1.29, 1.82) is 0 Å². The van der Waals surface area contributed by atoms with E-state index in [1.807, 2.05) is 0 Å². The highest BCUT2D eigenvalue weighted by molar-refractivity contribution is 5.99. The van der Waals surface area contributed by atoms with Gasteiger partial charge in [0.05, 0.1) is 4.92 Å². The molecule has 2 fully saturated rings. The van der Waals surface area contributed by atoms with Crippen molar-refractivity contribution in [3.8, 4) is 0 Å². The summed E-state index contributed by atoms with van der Waals surface area (Å²) in [4.78, 5) is 25.0. The number of aryl methyl sites for hydroxylation is 1. The number of carbonyl (C=O) groups is 1. The second-order valence-corrected chi connectivity index (χ2v) is 5.61. The lowest BCUT2D eigenvalue weighted by molar-refractivity contribution is -0.385. The summed E-state index contributed by atoms with van der Waals surface area (Å²) in [5.41, 5.74) is 0.815. The van der Waals surface area contributed by atoms with Crippen molar-refractivity contribution in [1.82, 2.24) is 10.2 Å². The van der Waals surface area contributed by atoms with Crippen LogP contribution < -0.4 is 5.32 Å². The SMILES string of the molecule is Cc1cccc([N+](=O)[O-])c1C(=O)N1C[C@H]2CNC[C@H]2C1. The summed E-state index contributed by atoms with van der Waals surface area (Å²) in [6, 6.07) is 4.77. The molecule has 2 saturated heterocycles. The third-order valence-electron chi connectivity index (χ3n) is 4.34. The fraction of sp³-hybridized carbons (Fsp3) is 0.500. The van der Waals surface area contributed by atoms with Gasteiger partial charge in [-0.1, -0.05) is 12.1 Å². The first-order chi connectivity index (χ1) is 9.58. The van der Waals surface area contributed by atoms with Gasteiger partial charge in [-0.25, -0.2) is 0 Å². The molecule has 0 saturated carbocycles. The van der Waals surface area contributed by atoms with E-state index in [0.29, 0.717) is 30.5 Å². The second-order valence-electron chi connectivity index (χ2n) is 5.61. The zero-order chi connectivity index (χ0) is 14.3. The maximum Gasteiger partial charge on any atom is 0.282 e. The number of nitro groups is 1. The number of hydrogen-bond donors (Lipinski definition) is 1. The predicted octanol–water partition coefficient (Wildman–Crippen LogP) is 1.19. The van der Waals surface area contributed by atoms with Crippen LogP contribution in [0, 0.1) is 28.9 Å². The highest BCUT2D eigenvalue weighted by Crippen LogP contribution is 2.30. The van der Waals surface area contributed by atoms with Crippen molar-refractivity contribution in [3.63, 3.8) is 0 Å². The van der Waals surface area contributed by atoms with E-state index in [9.17, 15) is 14.9 Å². The van der Waals surface area contributed by atoms with Crippen molar-refractivity contribution < 1.29 is 9.72 Å². The van der Waals surface area contributed by atoms with E-state index in [4.69, 9.17) is 0 Å². The molecule has 106 valence electrons. The van der Waals surface area contributed by atoms with Crippen LogP contribution in [0.25, 0.3) is 0 Å². The minimum atomic E-state index is -0.474. The van der Waals surface area contributed by atoms with Gasteiger partial charge in [0.1, 0.15) is 5.56 Å². The van der Waals surface area contributed by atoms with Gasteiger partial charge in [-0.3, -0.25) is 14.9 Å². The number of rotatable bonds is 2. The quantitative estimate of drug-likeness (QED) is 0.650. The van der Waals surface area contributed by atoms with Gasteiger partial charge in [0.25, 0.3) is 11.6 Å². The summed E-state index contributed by atoms with van der Waals surface area (Å²) >= 11 is 0. The lowest BCUT2D eigenvalue weighted by Gasteiger charge is -2.18. The number of hydrogen-bond acceptors (Lipinski definition) is 4. The summed E-state index contributed by atoms with van der Waals surface area (Å²) in [7, 11) is 0. The Hall–Kier alpha value is -1.95. The minimum Gasteiger partial charge on any atom is -0.338 e. The van der Waals surface area contributed by atoms with Crippen molar-refractivity contribution in [3.05, 3.63) is 39.4 Å². The molecule has 0 aromatic heterocycles. The molecule has 2 aliphatic rings. The molecule has 20 heavy (non-hydrogen) atoms. The molecule has 6 heteroatoms. The summed E-state index contributed by atoms with van der Waals surface area (Å²) in [6.45, 7) is 5.01. The van der Waals surface area contributed by atoms with Crippen molar-refractivity contribution in [2.75, 3.05) is 26.2 Å². The van der Waals surface area contributed by atoms with Crippen LogP contribution in [0.3, 0.4) is 0 Å². The topological polar surface area (TPSA) is 75.5 Å². The minimum absolute atomic E-state index is 0.0924. The molecule has 1 amide bonds. The third-order valence-corrected chi connectivity index (χ3v) is 4.34. The molecule has 1 N–H and O–H groups in total. The molecule has 6 nitrogen and oxygen atoms in total. The third kappa shape index (κ3) is 2.06. The van der Waals surface area contributed by atoms with Crippen LogP contribution in [0.2, 0.25) is 0 Å². The van der Waals surface area contributed by atoms with Gasteiger partial charge in [-0.15, -0.1) is 0 Å². The van der Waals surface area contributed by atoms with Crippen LogP contribution in [0.5, 0.6) is 0 Å². The number of amides is 1. The van der Waals surface area contributed by atoms with E-state index in [2.05, 4.69) is 5.32 Å². The molecular weight excluding hydrogens is 258 g/mol. The number of carbonyl (C=O) groups excluding carboxylic acids is 1. The Labute approximate surface area is 116 Å². The molecule has 0 bridgehead atoms. The molecule has 1 aromatic rings. The van der Waals surface area contributed by atoms with E-state index in [1.54, 1.807) is 24.0 Å². The molecule has 3 rings (SSSR count). The molecule has 2 atom stereocenters. The average molecular weight is 275 g/mol. The van der Waals surface area contributed by atoms with E-state index in [0.717, 1.165) is 13.1 Å². The number of fused-ring (bicyclic) bond motifs is 1. The Kier molecular flexibility index (Phi) is 3.17. The monoisotopic (exact) mass is 275 g/mol. The van der Waals surface area contributed by atoms with Gasteiger partial charge in [-0.2, -0.15) is 0 Å². The smallest absolute Gasteiger partial charge is 0.282 e. The van der Waals surface area contributed by atoms with Crippen molar-refractivity contribution >= 4 is 11.6 Å². The molecule has 0 radical (unpaired) electrons. The second kappa shape index (κ2) is 4.86. The first-order valence-corrected chi connectivity index (χ1v) is 6.82. The van der Waals surface area contributed by atoms with Gasteiger partial charge < -0.3 is 10.2 Å². The van der Waals surface area contributed by atoms with Gasteiger partial charge in [-0.05, 0) is 24.3 Å². The predicted molar refractivity (Wildman–Crippen MR) is 73.6 cm³/mol. The summed E-state index contributed by atoms with van der Waals surface area (Å²) < 4.78 is 0. The van der Waals surface area contributed by atoms with Gasteiger partial charge in [0.2, 0.25) is 0 Å². The van der Waals surface area contributed by atoms with Crippen molar-refractivity contribution in [2.24, 2.45) is 11.8 Å². The number of benzene rings is 1. The first kappa shape index (κ1) is 13.1. The van der Waals surface area contributed by atoms with Crippen LogP contribution >= 0.6 is 0 Å². The fourth-order valence-corrected chi connectivity index (χ4v) is 3.26. The highest BCUT2D eigenvalue weighted by atomic mass is 16.6. The van der Waals surface area contributed by atoms with Crippen LogP contribution in [0.15, 0.2) is 18.2 Å². The Morgan fingerprint density at radius 3 is 2.60 bits per heavy atom. The fourth-order valence-electron chi connectivity index (χ4n) is 3.26. The van der Waals surface area contributed by atoms with Gasteiger partial charge >= 0.3 is 0 Å². The van der Waals surface area contributed by atoms with Gasteiger partial charge in [0, 0.05) is 32.2 Å². The molecule has 2 aliphatic heterocycles. The largest absolute Gasteiger partial charge is 0.338 e. The van der Waals surface area contributed by atoms with E-state index >= 15 is 0 Å². The number of likely N-dealkylation sites (tertiary alicyclic amines) is 1. The first-order valence-electron chi connectivity index (χ1n) is 6.82. The van der Waals surface area contributed by atoms with Crippen LogP contribution in [0.1, 0.15) is 15.9 Å². The molecule has 0 spiro atoms. The highest BCUT2D eigenvalue weighted by Gasteiger charge is 2.39. The summed E-state index contributed by atoms with van der Waals surface area (Å²) in [5, 5.41) is 14.4. The lowest BCUT2D eigenvalue weighted by atomic mass is 10.0. The maximum absolute atomic E-state index is 12.6. The van der Waals surface area contributed by atoms with E-state index < -0.39 is 4.92 Å². The van der Waals surface area contributed by atoms with E-state index in [-0.39, 0.29) is 17.2 Å². The summed E-state index contributed by atoms with van der Waals surface area (Å²) in [5.74, 6) is 0.772. The van der Waals surface area contributed by atoms with E-state index in [1.165, 1.54) is 6.07 Å². The van der Waals surface area contributed by atoms with Crippen LogP contribution in [-0.2, 0) is 0 Å². The Morgan fingerprint density at radius 1 is 1.35 bits per heavy atom. The zero-order valence-electron chi connectivity index (χ0n) is 11.3. The van der Waals surface area contributed by atoms with Crippen molar-refractivity contribution in [2.45, 2.75) is 6.92 Å². The zero-order valence-corrected chi connectivity index (χ0v) is 11.3. The average Bonchev–Trinajstić information content (AvgIpc) is 2.98. The lowest BCUT2D eigenvalue weighted by Crippen LogP contribution is -2.32. The standard InChI is InChI=1S/C14H17N3O3/c1-9-3-2-4-12(17(19)20)13(9)14(18)16-7-10-5-15-6-11(10)8-16/h2-4,10-11,15H,5-8H2,1H3/t10-,11+. The molecule has 2 heterocycles. The van der Waals surface area contributed by atoms with Gasteiger partial charge in [0.15, 0.2) is 0 Å².